The summed E-state index contributed by atoms with van der Waals surface area (Å²) in [7, 11) is 1.62. The van der Waals surface area contributed by atoms with Gasteiger partial charge in [0.25, 0.3) is 0 Å². The van der Waals surface area contributed by atoms with E-state index in [1.54, 1.807) is 7.11 Å². The number of hydrogen-bond donors (Lipinski definition) is 1. The van der Waals surface area contributed by atoms with Crippen molar-refractivity contribution in [2.24, 2.45) is 11.3 Å². The van der Waals surface area contributed by atoms with E-state index in [-0.39, 0.29) is 29.8 Å². The second kappa shape index (κ2) is 10.6. The number of unbranched alkanes of at least 4 members (excludes halogenated alkanes) is 1. The number of Topliss-reactive ketones (excluding diaryl/α,β-unsaturated/α-hetero) is 1. The molecule has 0 aliphatic heterocycles. The van der Waals surface area contributed by atoms with Gasteiger partial charge in [0.15, 0.2) is 0 Å². The van der Waals surface area contributed by atoms with E-state index in [9.17, 15) is 9.59 Å². The Kier molecular flexibility index (Phi) is 8.12. The van der Waals surface area contributed by atoms with E-state index in [4.69, 9.17) is 14.2 Å². The highest BCUT2D eigenvalue weighted by Gasteiger charge is 2.53. The molecule has 0 heterocycles. The Hall–Kier alpha value is -2.18. The fourth-order valence-electron chi connectivity index (χ4n) is 5.13. The standard InChI is InChI=1S/C26H37NO5/c1-25(2,31-18-30-4)15-9-8-13-20-23(17-21-22(28)14-10-16-26(20,21)3)32-24(29)27-19-11-6-5-7-12-19/h5-7,11-13,21,23H,8-10,14-18H2,1-4H3,(H,27,29)/b20-13-/t21-,23+,26+/m0/s1. The molecule has 0 bridgehead atoms. The zero-order chi connectivity index (χ0) is 23.2. The van der Waals surface area contributed by atoms with Gasteiger partial charge >= 0.3 is 6.09 Å². The number of para-hydroxylation sites is 1. The van der Waals surface area contributed by atoms with Crippen LogP contribution < -0.4 is 5.32 Å². The highest BCUT2D eigenvalue weighted by atomic mass is 16.7. The van der Waals surface area contributed by atoms with Crippen LogP contribution in [0, 0.1) is 11.3 Å². The van der Waals surface area contributed by atoms with E-state index in [0.717, 1.165) is 37.7 Å². The van der Waals surface area contributed by atoms with Crippen molar-refractivity contribution in [2.75, 3.05) is 19.2 Å². The summed E-state index contributed by atoms with van der Waals surface area (Å²) in [5, 5.41) is 2.80. The Balaban J connectivity index is 1.69. The summed E-state index contributed by atoms with van der Waals surface area (Å²) in [6.07, 6.45) is 7.10. The SMILES string of the molecule is COCOC(C)(C)CCC/C=C1/[C@H](OC(=O)Nc2ccccc2)C[C@H]2C(=O)CCC[C@]12C. The molecule has 1 N–H and O–H groups in total. The van der Waals surface area contributed by atoms with Gasteiger partial charge in [-0.15, -0.1) is 0 Å². The van der Waals surface area contributed by atoms with Crippen LogP contribution in [0.1, 0.15) is 65.7 Å². The van der Waals surface area contributed by atoms with Gasteiger partial charge < -0.3 is 14.2 Å². The van der Waals surface area contributed by atoms with Gasteiger partial charge in [-0.25, -0.2) is 4.79 Å². The summed E-state index contributed by atoms with van der Waals surface area (Å²) >= 11 is 0. The summed E-state index contributed by atoms with van der Waals surface area (Å²) in [6, 6.07) is 9.27. The quantitative estimate of drug-likeness (QED) is 0.293. The van der Waals surface area contributed by atoms with E-state index in [2.05, 4.69) is 32.2 Å². The molecule has 1 aromatic rings. The lowest BCUT2D eigenvalue weighted by Crippen LogP contribution is -2.34. The molecule has 2 aliphatic rings. The maximum absolute atomic E-state index is 12.7. The third kappa shape index (κ3) is 5.99. The first-order valence-electron chi connectivity index (χ1n) is 11.6. The van der Waals surface area contributed by atoms with Crippen molar-refractivity contribution in [3.05, 3.63) is 42.0 Å². The maximum atomic E-state index is 12.7. The first-order valence-corrected chi connectivity index (χ1v) is 11.6. The van der Waals surface area contributed by atoms with E-state index in [0.29, 0.717) is 24.3 Å². The van der Waals surface area contributed by atoms with Gasteiger partial charge in [0.05, 0.1) is 5.60 Å². The molecule has 0 spiro atoms. The minimum Gasteiger partial charge on any atom is -0.441 e. The summed E-state index contributed by atoms with van der Waals surface area (Å²) in [5.41, 5.74) is 1.31. The van der Waals surface area contributed by atoms with Gasteiger partial charge in [0.2, 0.25) is 0 Å². The topological polar surface area (TPSA) is 73.9 Å². The van der Waals surface area contributed by atoms with Crippen LogP contribution in [0.5, 0.6) is 0 Å². The molecule has 6 nitrogen and oxygen atoms in total. The third-order valence-electron chi connectivity index (χ3n) is 6.92. The van der Waals surface area contributed by atoms with E-state index in [1.807, 2.05) is 30.3 Å². The molecule has 0 radical (unpaired) electrons. The average molecular weight is 444 g/mol. The Bertz CT molecular complexity index is 819. The largest absolute Gasteiger partial charge is 0.441 e. The normalized spacial score (nSPS) is 26.8. The number of rotatable bonds is 9. The molecule has 2 fully saturated rings. The molecular formula is C26H37NO5. The smallest absolute Gasteiger partial charge is 0.412 e. The van der Waals surface area contributed by atoms with Gasteiger partial charge in [-0.1, -0.05) is 31.2 Å². The molecule has 2 aliphatic carbocycles. The lowest BCUT2D eigenvalue weighted by molar-refractivity contribution is -0.127. The highest BCUT2D eigenvalue weighted by molar-refractivity contribution is 5.86. The first kappa shape index (κ1) is 24.5. The molecule has 3 atom stereocenters. The van der Waals surface area contributed by atoms with Crippen LogP contribution in [0.3, 0.4) is 0 Å². The number of ether oxygens (including phenoxy) is 3. The molecular weight excluding hydrogens is 406 g/mol. The van der Waals surface area contributed by atoms with Crippen molar-refractivity contribution in [1.82, 2.24) is 0 Å². The van der Waals surface area contributed by atoms with Gasteiger partial charge in [0.1, 0.15) is 18.7 Å². The van der Waals surface area contributed by atoms with E-state index in [1.165, 1.54) is 0 Å². The maximum Gasteiger partial charge on any atom is 0.412 e. The van der Waals surface area contributed by atoms with E-state index >= 15 is 0 Å². The Morgan fingerprint density at radius 1 is 1.28 bits per heavy atom. The Morgan fingerprint density at radius 3 is 2.75 bits per heavy atom. The number of carbonyl (C=O) groups is 2. The van der Waals surface area contributed by atoms with Gasteiger partial charge in [-0.2, -0.15) is 0 Å². The molecule has 6 heteroatoms. The van der Waals surface area contributed by atoms with Crippen molar-refractivity contribution in [3.8, 4) is 0 Å². The lowest BCUT2D eigenvalue weighted by atomic mass is 9.67. The second-order valence-electron chi connectivity index (χ2n) is 9.77. The fraction of sp³-hybridized carbons (Fsp3) is 0.615. The summed E-state index contributed by atoms with van der Waals surface area (Å²) in [5.74, 6) is 0.229. The number of allylic oxidation sites excluding steroid dienone is 1. The molecule has 1 aromatic carbocycles. The number of nitrogens with one attached hydrogen (secondary N) is 1. The zero-order valence-corrected chi connectivity index (χ0v) is 19.8. The van der Waals surface area contributed by atoms with Crippen LogP contribution in [0.25, 0.3) is 0 Å². The third-order valence-corrected chi connectivity index (χ3v) is 6.92. The highest BCUT2D eigenvalue weighted by Crippen LogP contribution is 2.55. The average Bonchev–Trinajstić information content (AvgIpc) is 3.03. The van der Waals surface area contributed by atoms with Gasteiger partial charge in [-0.3, -0.25) is 10.1 Å². The Morgan fingerprint density at radius 2 is 2.03 bits per heavy atom. The van der Waals surface area contributed by atoms with Gasteiger partial charge in [-0.05, 0) is 70.1 Å². The number of ketones is 1. The molecule has 0 unspecified atom stereocenters. The minimum atomic E-state index is -0.476. The van der Waals surface area contributed by atoms with Gasteiger partial charge in [0, 0.05) is 30.6 Å². The first-order chi connectivity index (χ1) is 15.2. The van der Waals surface area contributed by atoms with Crippen LogP contribution >= 0.6 is 0 Å². The van der Waals surface area contributed by atoms with Crippen molar-refractivity contribution < 1.29 is 23.8 Å². The number of benzene rings is 1. The van der Waals surface area contributed by atoms with Crippen LogP contribution in [0.4, 0.5) is 10.5 Å². The molecule has 3 rings (SSSR count). The number of amides is 1. The summed E-state index contributed by atoms with van der Waals surface area (Å²) in [6.45, 7) is 6.57. The van der Waals surface area contributed by atoms with E-state index < -0.39 is 6.09 Å². The summed E-state index contributed by atoms with van der Waals surface area (Å²) < 4.78 is 16.6. The molecule has 0 saturated heterocycles. The molecule has 32 heavy (non-hydrogen) atoms. The second-order valence-corrected chi connectivity index (χ2v) is 9.77. The minimum absolute atomic E-state index is 0.0708. The predicted octanol–water partition coefficient (Wildman–Crippen LogP) is 5.88. The van der Waals surface area contributed by atoms with Crippen molar-refractivity contribution in [2.45, 2.75) is 77.4 Å². The van der Waals surface area contributed by atoms with Crippen molar-refractivity contribution >= 4 is 17.6 Å². The lowest BCUT2D eigenvalue weighted by Gasteiger charge is -2.36. The van der Waals surface area contributed by atoms with Crippen molar-refractivity contribution in [1.29, 1.82) is 0 Å². The molecule has 1 amide bonds. The van der Waals surface area contributed by atoms with Crippen LogP contribution in [-0.4, -0.2) is 37.5 Å². The monoisotopic (exact) mass is 443 g/mol. The summed E-state index contributed by atoms with van der Waals surface area (Å²) in [4.78, 5) is 25.3. The number of fused-ring (bicyclic) bond motifs is 1. The number of hydrogen-bond acceptors (Lipinski definition) is 5. The fourth-order valence-corrected chi connectivity index (χ4v) is 5.13. The molecule has 176 valence electrons. The molecule has 2 saturated carbocycles. The van der Waals surface area contributed by atoms with Crippen LogP contribution in [0.2, 0.25) is 0 Å². The van der Waals surface area contributed by atoms with Crippen LogP contribution in [0.15, 0.2) is 42.0 Å². The number of methoxy groups -OCH3 is 1. The number of anilines is 1. The zero-order valence-electron chi connectivity index (χ0n) is 19.8. The van der Waals surface area contributed by atoms with Crippen LogP contribution in [-0.2, 0) is 19.0 Å². The van der Waals surface area contributed by atoms with Crippen molar-refractivity contribution in [3.63, 3.8) is 0 Å². The molecule has 0 aromatic heterocycles. The Labute approximate surface area is 191 Å². The predicted molar refractivity (Wildman–Crippen MR) is 124 cm³/mol. The number of carbonyl (C=O) groups excluding carboxylic acids is 2.